The summed E-state index contributed by atoms with van der Waals surface area (Å²) in [6.45, 7) is 0. The lowest BCUT2D eigenvalue weighted by molar-refractivity contribution is 0.460. The van der Waals surface area contributed by atoms with E-state index in [4.69, 9.17) is 0 Å². The summed E-state index contributed by atoms with van der Waals surface area (Å²) < 4.78 is 0. The Morgan fingerprint density at radius 1 is 1.31 bits per heavy atom. The Kier molecular flexibility index (Phi) is 1.07. The lowest BCUT2D eigenvalue weighted by atomic mass is 10.0. The van der Waals surface area contributed by atoms with Crippen LogP contribution in [0.4, 0.5) is 0 Å². The summed E-state index contributed by atoms with van der Waals surface area (Å²) in [5.41, 5.74) is 0.821. The Labute approximate surface area is 75.8 Å². The predicted molar refractivity (Wildman–Crippen MR) is 48.8 cm³/mol. The van der Waals surface area contributed by atoms with E-state index in [-0.39, 0.29) is 16.6 Å². The molecule has 13 heavy (non-hydrogen) atoms. The van der Waals surface area contributed by atoms with Crippen LogP contribution < -0.4 is 5.43 Å². The minimum absolute atomic E-state index is 0.0370. The van der Waals surface area contributed by atoms with Crippen LogP contribution in [0.5, 0.6) is 5.75 Å². The highest BCUT2D eigenvalue weighted by atomic mass is 16.3. The van der Waals surface area contributed by atoms with E-state index in [1.165, 1.54) is 6.07 Å². The molecule has 2 saturated carbocycles. The van der Waals surface area contributed by atoms with Gasteiger partial charge in [0.25, 0.3) is 0 Å². The van der Waals surface area contributed by atoms with Gasteiger partial charge in [0.2, 0.25) is 5.43 Å². The van der Waals surface area contributed by atoms with Gasteiger partial charge in [-0.05, 0) is 24.8 Å². The molecule has 0 atom stereocenters. The fourth-order valence-electron chi connectivity index (χ4n) is 2.13. The maximum atomic E-state index is 11.3. The molecule has 0 amide bonds. The summed E-state index contributed by atoms with van der Waals surface area (Å²) in [7, 11) is 0. The number of hydrogen-bond acceptors (Lipinski definition) is 2. The molecule has 0 saturated heterocycles. The van der Waals surface area contributed by atoms with Crippen LogP contribution >= 0.6 is 0 Å². The molecule has 1 aromatic carbocycles. The first-order chi connectivity index (χ1) is 6.24. The topological polar surface area (TPSA) is 37.3 Å². The van der Waals surface area contributed by atoms with Crippen molar-refractivity contribution in [3.8, 4) is 5.75 Å². The molecule has 2 aliphatic carbocycles. The van der Waals surface area contributed by atoms with Gasteiger partial charge < -0.3 is 5.11 Å². The summed E-state index contributed by atoms with van der Waals surface area (Å²) in [5, 5.41) is 9.65. The van der Waals surface area contributed by atoms with Crippen LogP contribution in [0.1, 0.15) is 18.4 Å². The molecule has 2 heteroatoms. The average Bonchev–Trinajstić information content (AvgIpc) is 2.87. The first kappa shape index (κ1) is 7.13. The monoisotopic (exact) mass is 174 g/mol. The molecule has 3 rings (SSSR count). The van der Waals surface area contributed by atoms with Crippen molar-refractivity contribution in [3.05, 3.63) is 40.1 Å². The van der Waals surface area contributed by atoms with E-state index in [0.29, 0.717) is 0 Å². The van der Waals surface area contributed by atoms with Crippen molar-refractivity contribution in [1.29, 1.82) is 0 Å². The second kappa shape index (κ2) is 1.95. The van der Waals surface area contributed by atoms with Crippen LogP contribution in [-0.4, -0.2) is 5.11 Å². The first-order valence-corrected chi connectivity index (χ1v) is 4.57. The minimum Gasteiger partial charge on any atom is -0.504 e. The quantitative estimate of drug-likeness (QED) is 0.699. The van der Waals surface area contributed by atoms with E-state index in [9.17, 15) is 9.90 Å². The van der Waals surface area contributed by atoms with Gasteiger partial charge in [-0.3, -0.25) is 4.79 Å². The second-order valence-electron chi connectivity index (χ2n) is 4.11. The minimum atomic E-state index is -0.257. The third kappa shape index (κ3) is 0.804. The van der Waals surface area contributed by atoms with Crippen molar-refractivity contribution in [2.75, 3.05) is 0 Å². The fourth-order valence-corrected chi connectivity index (χ4v) is 2.13. The fraction of sp³-hybridized carbons (Fsp3) is 0.364. The third-order valence-corrected chi connectivity index (χ3v) is 3.33. The van der Waals surface area contributed by atoms with Crippen molar-refractivity contribution in [2.45, 2.75) is 18.3 Å². The molecule has 2 fully saturated rings. The standard InChI is InChI=1S/C11H10O2/c12-9-4-2-1-3-8(10(9)13)11-5-7(11)6-11/h1-4,7H,5-6H2,(H,12,13). The Balaban J connectivity index is 2.26. The number of fused-ring (bicyclic) bond motifs is 1. The lowest BCUT2D eigenvalue weighted by Crippen LogP contribution is -2.00. The summed E-state index contributed by atoms with van der Waals surface area (Å²) in [6.07, 6.45) is 2.31. The largest absolute Gasteiger partial charge is 0.504 e. The van der Waals surface area contributed by atoms with Gasteiger partial charge in [0.1, 0.15) is 0 Å². The molecule has 0 heterocycles. The summed E-state index contributed by atoms with van der Waals surface area (Å²) in [5.74, 6) is 0.713. The van der Waals surface area contributed by atoms with E-state index in [1.54, 1.807) is 6.07 Å². The van der Waals surface area contributed by atoms with Gasteiger partial charge in [0.15, 0.2) is 5.75 Å². The van der Waals surface area contributed by atoms with Gasteiger partial charge in [-0.25, -0.2) is 0 Å². The first-order valence-electron chi connectivity index (χ1n) is 4.57. The van der Waals surface area contributed by atoms with Gasteiger partial charge >= 0.3 is 0 Å². The SMILES string of the molecule is O=c1ccccc(C23CC2C3)c1O. The van der Waals surface area contributed by atoms with Gasteiger partial charge in [0.05, 0.1) is 0 Å². The molecule has 0 radical (unpaired) electrons. The van der Waals surface area contributed by atoms with Crippen molar-refractivity contribution in [3.63, 3.8) is 0 Å². The van der Waals surface area contributed by atoms with E-state index in [2.05, 4.69) is 0 Å². The number of rotatable bonds is 1. The highest BCUT2D eigenvalue weighted by Crippen LogP contribution is 2.76. The molecule has 0 unspecified atom stereocenters. The van der Waals surface area contributed by atoms with E-state index in [0.717, 1.165) is 24.3 Å². The maximum absolute atomic E-state index is 11.3. The van der Waals surface area contributed by atoms with E-state index in [1.807, 2.05) is 12.1 Å². The summed E-state index contributed by atoms with van der Waals surface area (Å²) in [4.78, 5) is 11.3. The van der Waals surface area contributed by atoms with Crippen LogP contribution in [0, 0.1) is 5.92 Å². The maximum Gasteiger partial charge on any atom is 0.220 e. The second-order valence-corrected chi connectivity index (χ2v) is 4.11. The van der Waals surface area contributed by atoms with Crippen LogP contribution in [0.15, 0.2) is 29.1 Å². The zero-order valence-electron chi connectivity index (χ0n) is 7.16. The number of hydrogen-bond donors (Lipinski definition) is 1. The smallest absolute Gasteiger partial charge is 0.220 e. The molecule has 66 valence electrons. The molecule has 0 aromatic heterocycles. The Bertz CT molecular complexity index is 430. The molecule has 1 N–H and O–H groups in total. The van der Waals surface area contributed by atoms with Crippen molar-refractivity contribution in [2.24, 2.45) is 5.92 Å². The molecule has 0 spiro atoms. The van der Waals surface area contributed by atoms with Crippen molar-refractivity contribution >= 4 is 0 Å². The molecular weight excluding hydrogens is 164 g/mol. The molecule has 0 bridgehead atoms. The predicted octanol–water partition coefficient (Wildman–Crippen LogP) is 1.41. The zero-order valence-corrected chi connectivity index (χ0v) is 7.16. The van der Waals surface area contributed by atoms with Crippen LogP contribution in [-0.2, 0) is 5.41 Å². The normalized spacial score (nSPS) is 33.7. The zero-order chi connectivity index (χ0) is 9.05. The summed E-state index contributed by atoms with van der Waals surface area (Å²) in [6, 6.07) is 6.81. The van der Waals surface area contributed by atoms with Gasteiger partial charge in [-0.15, -0.1) is 0 Å². The molecule has 2 aliphatic rings. The lowest BCUT2D eigenvalue weighted by Gasteiger charge is -2.01. The van der Waals surface area contributed by atoms with Crippen LogP contribution in [0.2, 0.25) is 0 Å². The Hall–Kier alpha value is -1.31. The van der Waals surface area contributed by atoms with Crippen molar-refractivity contribution < 1.29 is 5.11 Å². The van der Waals surface area contributed by atoms with E-state index >= 15 is 0 Å². The Morgan fingerprint density at radius 3 is 2.54 bits per heavy atom. The highest BCUT2D eigenvalue weighted by molar-refractivity contribution is 5.49. The summed E-state index contributed by atoms with van der Waals surface area (Å²) >= 11 is 0. The third-order valence-electron chi connectivity index (χ3n) is 3.33. The average molecular weight is 174 g/mol. The van der Waals surface area contributed by atoms with Crippen LogP contribution in [0.3, 0.4) is 0 Å². The molecule has 1 aromatic rings. The highest BCUT2D eigenvalue weighted by Gasteiger charge is 2.71. The van der Waals surface area contributed by atoms with Gasteiger partial charge in [0, 0.05) is 11.0 Å². The number of aromatic hydroxyl groups is 1. The molecular formula is C11H10O2. The van der Waals surface area contributed by atoms with Gasteiger partial charge in [-0.2, -0.15) is 0 Å². The molecule has 2 nitrogen and oxygen atoms in total. The van der Waals surface area contributed by atoms with Gasteiger partial charge in [-0.1, -0.05) is 18.2 Å². The Morgan fingerprint density at radius 2 is 1.92 bits per heavy atom. The van der Waals surface area contributed by atoms with Crippen LogP contribution in [0.25, 0.3) is 0 Å². The van der Waals surface area contributed by atoms with E-state index < -0.39 is 0 Å². The molecule has 0 aliphatic heterocycles. The van der Waals surface area contributed by atoms with Crippen molar-refractivity contribution in [1.82, 2.24) is 0 Å².